The monoisotopic (exact) mass is 424 g/mol. The predicted molar refractivity (Wildman–Crippen MR) is 127 cm³/mol. The first-order valence-corrected chi connectivity index (χ1v) is 14.9. The third-order valence-corrected chi connectivity index (χ3v) is 14.7. The molecule has 4 rings (SSSR count). The van der Waals surface area contributed by atoms with Gasteiger partial charge in [-0.25, -0.2) is 0 Å². The molecule has 0 spiro atoms. The van der Waals surface area contributed by atoms with Crippen LogP contribution in [0.3, 0.4) is 0 Å². The maximum absolute atomic E-state index is 13.9. The fourth-order valence-electron chi connectivity index (χ4n) is 4.40. The Labute approximate surface area is 173 Å². The van der Waals surface area contributed by atoms with E-state index < -0.39 is 13.2 Å². The molecule has 0 aromatic heterocycles. The van der Waals surface area contributed by atoms with E-state index in [0.717, 1.165) is 36.9 Å². The van der Waals surface area contributed by atoms with E-state index in [4.69, 9.17) is 11.8 Å². The van der Waals surface area contributed by atoms with Crippen LogP contribution in [0.2, 0.25) is 0 Å². The average molecular weight is 424 g/mol. The molecule has 4 heteroatoms. The number of benzene rings is 3. The highest BCUT2D eigenvalue weighted by molar-refractivity contribution is 8.21. The zero-order valence-corrected chi connectivity index (χ0v) is 18.6. The molecule has 0 saturated carbocycles. The minimum atomic E-state index is -2.33. The second-order valence-electron chi connectivity index (χ2n) is 7.57. The van der Waals surface area contributed by atoms with Crippen LogP contribution >= 0.6 is 13.2 Å². The molecule has 1 saturated heterocycles. The molecule has 0 aliphatic carbocycles. The van der Waals surface area contributed by atoms with Crippen LogP contribution in [-0.4, -0.2) is 18.0 Å². The van der Waals surface area contributed by atoms with Crippen molar-refractivity contribution < 1.29 is 4.57 Å². The zero-order valence-electron chi connectivity index (χ0n) is 16.0. The van der Waals surface area contributed by atoms with Crippen LogP contribution in [0, 0.1) is 0 Å². The van der Waals surface area contributed by atoms with Crippen molar-refractivity contribution in [3.63, 3.8) is 0 Å². The van der Waals surface area contributed by atoms with Crippen molar-refractivity contribution in [2.45, 2.75) is 24.9 Å². The van der Waals surface area contributed by atoms with E-state index in [1.807, 2.05) is 18.2 Å². The van der Waals surface area contributed by atoms with Crippen LogP contribution in [0.4, 0.5) is 0 Å². The number of hydrogen-bond acceptors (Lipinski definition) is 2. The first-order chi connectivity index (χ1) is 13.6. The summed E-state index contributed by atoms with van der Waals surface area (Å²) in [6.45, 7) is 0. The van der Waals surface area contributed by atoms with Gasteiger partial charge in [0, 0.05) is 23.2 Å². The van der Waals surface area contributed by atoms with Gasteiger partial charge < -0.3 is 4.57 Å². The summed E-state index contributed by atoms with van der Waals surface area (Å²) in [5, 5.41) is 3.60. The molecule has 0 amide bonds. The molecule has 1 heterocycles. The summed E-state index contributed by atoms with van der Waals surface area (Å²) in [4.78, 5) is 0. The first kappa shape index (κ1) is 19.8. The van der Waals surface area contributed by atoms with Gasteiger partial charge >= 0.3 is 0 Å². The molecule has 28 heavy (non-hydrogen) atoms. The highest BCUT2D eigenvalue weighted by atomic mass is 32.4. The highest BCUT2D eigenvalue weighted by Gasteiger charge is 2.39. The largest absolute Gasteiger partial charge is 0.318 e. The van der Waals surface area contributed by atoms with E-state index in [2.05, 4.69) is 72.8 Å². The Bertz CT molecular complexity index is 959. The van der Waals surface area contributed by atoms with Crippen molar-refractivity contribution in [2.75, 3.05) is 12.3 Å². The Morgan fingerprint density at radius 3 is 1.86 bits per heavy atom. The molecule has 1 aliphatic heterocycles. The molecule has 3 aromatic rings. The molecule has 1 unspecified atom stereocenters. The molecule has 1 aliphatic rings. The summed E-state index contributed by atoms with van der Waals surface area (Å²) >= 11 is 6.38. The van der Waals surface area contributed by atoms with Crippen molar-refractivity contribution in [1.82, 2.24) is 0 Å². The summed E-state index contributed by atoms with van der Waals surface area (Å²) < 4.78 is 13.9. The Hall–Kier alpha value is -1.46. The zero-order chi connectivity index (χ0) is 19.5. The molecule has 1 fully saturated rings. The lowest BCUT2D eigenvalue weighted by Crippen LogP contribution is -2.21. The van der Waals surface area contributed by atoms with Crippen molar-refractivity contribution >= 4 is 40.9 Å². The summed E-state index contributed by atoms with van der Waals surface area (Å²) in [6, 6.07) is 29.4. The van der Waals surface area contributed by atoms with Gasteiger partial charge in [0.25, 0.3) is 0 Å². The number of hydrogen-bond donors (Lipinski definition) is 0. The van der Waals surface area contributed by atoms with Crippen molar-refractivity contribution in [1.29, 1.82) is 0 Å². The van der Waals surface area contributed by atoms with Gasteiger partial charge in [-0.15, -0.1) is 0 Å². The molecule has 0 N–H and O–H groups in total. The quantitative estimate of drug-likeness (QED) is 0.496. The van der Waals surface area contributed by atoms with Crippen molar-refractivity contribution in [3.05, 3.63) is 91.0 Å². The minimum absolute atomic E-state index is 0.268. The Morgan fingerprint density at radius 1 is 0.821 bits per heavy atom. The highest BCUT2D eigenvalue weighted by Crippen LogP contribution is 2.59. The Balaban J connectivity index is 1.64. The summed E-state index contributed by atoms with van der Waals surface area (Å²) in [6.07, 6.45) is 4.87. The second-order valence-corrected chi connectivity index (χ2v) is 15.7. The fraction of sp³-hybridized carbons (Fsp3) is 0.250. The van der Waals surface area contributed by atoms with E-state index in [-0.39, 0.29) is 5.66 Å². The number of rotatable bonds is 6. The molecule has 144 valence electrons. The van der Waals surface area contributed by atoms with E-state index >= 15 is 0 Å². The normalized spacial score (nSPS) is 22.2. The lowest BCUT2D eigenvalue weighted by atomic mass is 10.2. The van der Waals surface area contributed by atoms with Gasteiger partial charge in [0.05, 0.1) is 0 Å². The lowest BCUT2D eigenvalue weighted by Gasteiger charge is -2.27. The molecule has 2 atom stereocenters. The molecular weight excluding hydrogens is 398 g/mol. The van der Waals surface area contributed by atoms with Crippen LogP contribution in [0.1, 0.15) is 19.3 Å². The van der Waals surface area contributed by atoms with Gasteiger partial charge in [0.15, 0.2) is 0 Å². The fourth-order valence-corrected chi connectivity index (χ4v) is 12.0. The SMILES string of the molecule is O=P1(c2ccccc2)CCC[C@H]1CCP(=S)(c1ccccc1)c1ccccc1. The van der Waals surface area contributed by atoms with Gasteiger partial charge in [-0.1, -0.05) is 103 Å². The standard InChI is InChI=1S/C24H26OP2S/c25-26(21-11-4-1-5-12-21)19-10-17-22(26)18-20-27(28,23-13-6-2-7-14-23)24-15-8-3-9-16-24/h1-9,11-16,22H,10,17-20H2/t22-,26?/m0/s1. The predicted octanol–water partition coefficient (Wildman–Crippen LogP) is 5.36. The lowest BCUT2D eigenvalue weighted by molar-refractivity contribution is 0.575. The maximum atomic E-state index is 13.9. The van der Waals surface area contributed by atoms with Crippen molar-refractivity contribution in [2.24, 2.45) is 0 Å². The van der Waals surface area contributed by atoms with E-state index in [9.17, 15) is 4.57 Å². The summed E-state index contributed by atoms with van der Waals surface area (Å²) in [5.41, 5.74) is 0.268. The van der Waals surface area contributed by atoms with Crippen molar-refractivity contribution in [3.8, 4) is 0 Å². The molecule has 3 aromatic carbocycles. The average Bonchev–Trinajstić information content (AvgIpc) is 3.15. The maximum Gasteiger partial charge on any atom is 0.118 e. The van der Waals surface area contributed by atoms with Gasteiger partial charge in [0.2, 0.25) is 0 Å². The van der Waals surface area contributed by atoms with E-state index in [1.165, 1.54) is 10.6 Å². The van der Waals surface area contributed by atoms with Gasteiger partial charge in [0.1, 0.15) is 7.14 Å². The molecular formula is C24H26OP2S. The molecule has 0 bridgehead atoms. The molecule has 1 nitrogen and oxygen atoms in total. The van der Waals surface area contributed by atoms with E-state index in [1.54, 1.807) is 0 Å². The smallest absolute Gasteiger partial charge is 0.118 e. The van der Waals surface area contributed by atoms with Crippen LogP contribution in [0.15, 0.2) is 91.0 Å². The van der Waals surface area contributed by atoms with Crippen LogP contribution in [0.5, 0.6) is 0 Å². The minimum Gasteiger partial charge on any atom is -0.318 e. The Kier molecular flexibility index (Phi) is 6.02. The van der Waals surface area contributed by atoms with Crippen LogP contribution in [-0.2, 0) is 16.4 Å². The van der Waals surface area contributed by atoms with E-state index in [0.29, 0.717) is 0 Å². The topological polar surface area (TPSA) is 17.1 Å². The van der Waals surface area contributed by atoms with Gasteiger partial charge in [-0.2, -0.15) is 0 Å². The molecule has 0 radical (unpaired) electrons. The summed E-state index contributed by atoms with van der Waals surface area (Å²) in [7, 11) is -2.33. The van der Waals surface area contributed by atoms with Gasteiger partial charge in [-0.3, -0.25) is 0 Å². The summed E-state index contributed by atoms with van der Waals surface area (Å²) in [5.74, 6) is 0. The third kappa shape index (κ3) is 3.84. The first-order valence-electron chi connectivity index (χ1n) is 9.98. The van der Waals surface area contributed by atoms with Crippen LogP contribution < -0.4 is 15.9 Å². The Morgan fingerprint density at radius 2 is 1.32 bits per heavy atom. The third-order valence-electron chi connectivity index (χ3n) is 5.93. The second kappa shape index (κ2) is 8.50. The van der Waals surface area contributed by atoms with Gasteiger partial charge in [-0.05, 0) is 36.0 Å². The van der Waals surface area contributed by atoms with Crippen LogP contribution in [0.25, 0.3) is 0 Å².